The summed E-state index contributed by atoms with van der Waals surface area (Å²) in [5.74, 6) is -1.13. The summed E-state index contributed by atoms with van der Waals surface area (Å²) in [4.78, 5) is 42.6. The molecule has 9 nitrogen and oxygen atoms in total. The first kappa shape index (κ1) is 18.4. The van der Waals surface area contributed by atoms with Crippen LogP contribution < -0.4 is 16.2 Å². The minimum absolute atomic E-state index is 0.159. The molecule has 0 aliphatic heterocycles. The molecular formula is C16H22N6O3. The molecule has 2 amide bonds. The summed E-state index contributed by atoms with van der Waals surface area (Å²) < 4.78 is 1.30. The quantitative estimate of drug-likeness (QED) is 0.687. The van der Waals surface area contributed by atoms with Gasteiger partial charge >= 0.3 is 11.8 Å². The third-order valence-electron chi connectivity index (χ3n) is 3.19. The van der Waals surface area contributed by atoms with Crippen molar-refractivity contribution in [2.45, 2.75) is 46.6 Å². The van der Waals surface area contributed by atoms with E-state index in [9.17, 15) is 14.4 Å². The largest absolute Gasteiger partial charge is 0.346 e. The predicted molar refractivity (Wildman–Crippen MR) is 92.6 cm³/mol. The molecule has 0 aromatic carbocycles. The lowest BCUT2D eigenvalue weighted by Gasteiger charge is -2.10. The number of amides is 2. The molecule has 0 atom stereocenters. The first-order valence-corrected chi connectivity index (χ1v) is 8.09. The van der Waals surface area contributed by atoms with E-state index in [1.54, 1.807) is 26.8 Å². The Bertz CT molecular complexity index is 837. The smallest absolute Gasteiger partial charge is 0.314 e. The summed E-state index contributed by atoms with van der Waals surface area (Å²) in [7, 11) is 0. The number of carbonyl (C=O) groups is 2. The SMILES string of the molecule is CCCc1cc(=O)[nH]c(-n2nc(C)cc2NC(=O)C(=O)NC(C)C)n1. The Morgan fingerprint density at radius 1 is 1.28 bits per heavy atom. The van der Waals surface area contributed by atoms with E-state index in [-0.39, 0.29) is 23.4 Å². The van der Waals surface area contributed by atoms with Crippen molar-refractivity contribution in [3.05, 3.63) is 33.9 Å². The molecule has 2 heterocycles. The standard InChI is InChI=1S/C16H22N6O3/c1-5-6-11-8-13(23)20-16(18-11)22-12(7-10(4)21-22)19-15(25)14(24)17-9(2)3/h7-9H,5-6H2,1-4H3,(H,17,24)(H,19,25)(H,18,20,23). The average Bonchev–Trinajstić information content (AvgIpc) is 2.87. The van der Waals surface area contributed by atoms with E-state index in [0.717, 1.165) is 6.42 Å². The van der Waals surface area contributed by atoms with Gasteiger partial charge in [-0.3, -0.25) is 19.4 Å². The Morgan fingerprint density at radius 3 is 2.64 bits per heavy atom. The lowest BCUT2D eigenvalue weighted by atomic mass is 10.2. The molecular weight excluding hydrogens is 324 g/mol. The lowest BCUT2D eigenvalue weighted by Crippen LogP contribution is -2.39. The predicted octanol–water partition coefficient (Wildman–Crippen LogP) is 0.680. The first-order valence-electron chi connectivity index (χ1n) is 8.09. The van der Waals surface area contributed by atoms with E-state index in [2.05, 4.69) is 25.7 Å². The van der Waals surface area contributed by atoms with E-state index in [0.29, 0.717) is 17.8 Å². The van der Waals surface area contributed by atoms with Crippen LogP contribution in [0.3, 0.4) is 0 Å². The molecule has 2 rings (SSSR count). The number of H-pyrrole nitrogens is 1. The zero-order valence-corrected chi connectivity index (χ0v) is 14.7. The molecule has 0 radical (unpaired) electrons. The van der Waals surface area contributed by atoms with Crippen LogP contribution in [0.25, 0.3) is 5.95 Å². The van der Waals surface area contributed by atoms with Crippen molar-refractivity contribution < 1.29 is 9.59 Å². The van der Waals surface area contributed by atoms with Gasteiger partial charge in [-0.15, -0.1) is 0 Å². The Kier molecular flexibility index (Phi) is 5.68. The highest BCUT2D eigenvalue weighted by atomic mass is 16.2. The van der Waals surface area contributed by atoms with Crippen LogP contribution in [0.1, 0.15) is 38.6 Å². The normalized spacial score (nSPS) is 10.8. The highest BCUT2D eigenvalue weighted by Crippen LogP contribution is 2.14. The number of rotatable bonds is 5. The van der Waals surface area contributed by atoms with Crippen molar-refractivity contribution in [2.24, 2.45) is 0 Å². The third kappa shape index (κ3) is 4.75. The van der Waals surface area contributed by atoms with Gasteiger partial charge in [-0.25, -0.2) is 4.98 Å². The third-order valence-corrected chi connectivity index (χ3v) is 3.19. The second-order valence-electron chi connectivity index (χ2n) is 5.98. The molecule has 0 saturated carbocycles. The number of carbonyl (C=O) groups excluding carboxylic acids is 2. The van der Waals surface area contributed by atoms with Gasteiger partial charge in [0.15, 0.2) is 0 Å². The molecule has 0 saturated heterocycles. The number of hydrogen-bond donors (Lipinski definition) is 3. The number of nitrogens with one attached hydrogen (secondary N) is 3. The number of anilines is 1. The fourth-order valence-corrected chi connectivity index (χ4v) is 2.23. The van der Waals surface area contributed by atoms with Crippen molar-refractivity contribution in [3.8, 4) is 5.95 Å². The number of aromatic amines is 1. The zero-order chi connectivity index (χ0) is 18.6. The van der Waals surface area contributed by atoms with Crippen molar-refractivity contribution >= 4 is 17.6 Å². The molecule has 0 unspecified atom stereocenters. The second-order valence-corrected chi connectivity index (χ2v) is 5.98. The maximum absolute atomic E-state index is 12.0. The van der Waals surface area contributed by atoms with Crippen LogP contribution in [0.5, 0.6) is 0 Å². The van der Waals surface area contributed by atoms with E-state index >= 15 is 0 Å². The Labute approximate surface area is 144 Å². The highest BCUT2D eigenvalue weighted by molar-refractivity contribution is 6.39. The molecule has 2 aromatic heterocycles. The summed E-state index contributed by atoms with van der Waals surface area (Å²) in [5, 5.41) is 9.24. The van der Waals surface area contributed by atoms with Gasteiger partial charge < -0.3 is 10.6 Å². The van der Waals surface area contributed by atoms with Crippen LogP contribution in [0.4, 0.5) is 5.82 Å². The van der Waals surface area contributed by atoms with Gasteiger partial charge in [0.25, 0.3) is 5.56 Å². The topological polar surface area (TPSA) is 122 Å². The van der Waals surface area contributed by atoms with E-state index in [1.807, 2.05) is 6.92 Å². The van der Waals surface area contributed by atoms with Crippen LogP contribution in [-0.2, 0) is 16.0 Å². The van der Waals surface area contributed by atoms with E-state index < -0.39 is 11.8 Å². The summed E-state index contributed by atoms with van der Waals surface area (Å²) in [6.45, 7) is 7.23. The monoisotopic (exact) mass is 346 g/mol. The van der Waals surface area contributed by atoms with Crippen LogP contribution in [0.2, 0.25) is 0 Å². The zero-order valence-electron chi connectivity index (χ0n) is 14.7. The van der Waals surface area contributed by atoms with E-state index in [1.165, 1.54) is 10.7 Å². The van der Waals surface area contributed by atoms with Crippen molar-refractivity contribution in [2.75, 3.05) is 5.32 Å². The fourth-order valence-electron chi connectivity index (χ4n) is 2.23. The maximum atomic E-state index is 12.0. The minimum atomic E-state index is -0.818. The molecule has 134 valence electrons. The molecule has 0 aliphatic carbocycles. The van der Waals surface area contributed by atoms with Gasteiger partial charge in [0, 0.05) is 23.9 Å². The number of aryl methyl sites for hydroxylation is 2. The Morgan fingerprint density at radius 2 is 2.00 bits per heavy atom. The summed E-state index contributed by atoms with van der Waals surface area (Å²) in [5.41, 5.74) is 0.920. The Hall–Kier alpha value is -2.97. The van der Waals surface area contributed by atoms with Gasteiger partial charge in [0.1, 0.15) is 5.82 Å². The summed E-state index contributed by atoms with van der Waals surface area (Å²) in [6.07, 6.45) is 1.49. The minimum Gasteiger partial charge on any atom is -0.346 e. The van der Waals surface area contributed by atoms with E-state index in [4.69, 9.17) is 0 Å². The van der Waals surface area contributed by atoms with Crippen molar-refractivity contribution in [3.63, 3.8) is 0 Å². The highest BCUT2D eigenvalue weighted by Gasteiger charge is 2.18. The molecule has 9 heteroatoms. The molecule has 2 aromatic rings. The van der Waals surface area contributed by atoms with Gasteiger partial charge in [-0.05, 0) is 27.2 Å². The van der Waals surface area contributed by atoms with Crippen LogP contribution in [-0.4, -0.2) is 37.6 Å². The maximum Gasteiger partial charge on any atom is 0.314 e. The summed E-state index contributed by atoms with van der Waals surface area (Å²) >= 11 is 0. The lowest BCUT2D eigenvalue weighted by molar-refractivity contribution is -0.136. The second kappa shape index (κ2) is 7.73. The van der Waals surface area contributed by atoms with Crippen LogP contribution in [0, 0.1) is 6.92 Å². The van der Waals surface area contributed by atoms with Crippen molar-refractivity contribution in [1.29, 1.82) is 0 Å². The molecule has 0 bridgehead atoms. The molecule has 0 spiro atoms. The fraction of sp³-hybridized carbons (Fsp3) is 0.438. The van der Waals surface area contributed by atoms with Gasteiger partial charge in [-0.1, -0.05) is 13.3 Å². The number of nitrogens with zero attached hydrogens (tertiary/aromatic N) is 3. The average molecular weight is 346 g/mol. The van der Waals surface area contributed by atoms with Crippen LogP contribution in [0.15, 0.2) is 16.9 Å². The number of hydrogen-bond acceptors (Lipinski definition) is 5. The Balaban J connectivity index is 2.34. The van der Waals surface area contributed by atoms with Crippen molar-refractivity contribution in [1.82, 2.24) is 25.1 Å². The van der Waals surface area contributed by atoms with Gasteiger partial charge in [-0.2, -0.15) is 9.78 Å². The molecule has 3 N–H and O–H groups in total. The first-order chi connectivity index (χ1) is 11.8. The molecule has 0 fully saturated rings. The molecule has 25 heavy (non-hydrogen) atoms. The summed E-state index contributed by atoms with van der Waals surface area (Å²) in [6, 6.07) is 2.86. The number of aromatic nitrogens is 4. The van der Waals surface area contributed by atoms with Gasteiger partial charge in [0.05, 0.1) is 5.69 Å². The molecule has 0 aliphatic rings. The van der Waals surface area contributed by atoms with Crippen LogP contribution >= 0.6 is 0 Å². The van der Waals surface area contributed by atoms with Gasteiger partial charge in [0.2, 0.25) is 5.95 Å².